The summed E-state index contributed by atoms with van der Waals surface area (Å²) in [6.45, 7) is 12.0. The molecule has 1 heterocycles. The maximum atomic E-state index is 12.2. The molecule has 6 heteroatoms. The molecule has 0 aromatic carbocycles. The standard InChI is InChI=1S/C14H25ClN2O3/c1-13(2,3)17-8-9(15)7-10(17)11(18)16-12(19)20-14(4,5)6/h9-10H,7-8H2,1-6H3,(H,16,18,19)/t9-,10-/m0/s1. The van der Waals surface area contributed by atoms with Crippen molar-refractivity contribution in [3.8, 4) is 0 Å². The fourth-order valence-electron chi connectivity index (χ4n) is 2.26. The van der Waals surface area contributed by atoms with Crippen molar-refractivity contribution in [3.05, 3.63) is 0 Å². The molecule has 2 amide bonds. The lowest BCUT2D eigenvalue weighted by Gasteiger charge is -2.36. The zero-order chi connectivity index (χ0) is 15.7. The van der Waals surface area contributed by atoms with Crippen molar-refractivity contribution >= 4 is 23.6 Å². The Hall–Kier alpha value is -0.810. The van der Waals surface area contributed by atoms with Gasteiger partial charge in [-0.25, -0.2) is 4.79 Å². The molecule has 1 aliphatic rings. The number of nitrogens with zero attached hydrogens (tertiary/aromatic N) is 1. The van der Waals surface area contributed by atoms with Crippen LogP contribution in [0, 0.1) is 0 Å². The molecule has 0 aromatic rings. The van der Waals surface area contributed by atoms with E-state index in [1.165, 1.54) is 0 Å². The fourth-order valence-corrected chi connectivity index (χ4v) is 2.58. The molecule has 0 aromatic heterocycles. The number of hydrogen-bond donors (Lipinski definition) is 1. The van der Waals surface area contributed by atoms with E-state index in [1.54, 1.807) is 20.8 Å². The summed E-state index contributed by atoms with van der Waals surface area (Å²) in [4.78, 5) is 25.9. The number of carbonyl (C=O) groups excluding carboxylic acids is 2. The van der Waals surface area contributed by atoms with Crippen molar-refractivity contribution in [2.45, 2.75) is 70.5 Å². The molecule has 0 saturated carbocycles. The van der Waals surface area contributed by atoms with Gasteiger partial charge in [-0.15, -0.1) is 11.6 Å². The Morgan fingerprint density at radius 2 is 1.75 bits per heavy atom. The van der Waals surface area contributed by atoms with Crippen LogP contribution in [0.25, 0.3) is 0 Å². The van der Waals surface area contributed by atoms with Gasteiger partial charge in [0.15, 0.2) is 0 Å². The summed E-state index contributed by atoms with van der Waals surface area (Å²) in [5.41, 5.74) is -0.807. The number of alkyl halides is 1. The Morgan fingerprint density at radius 1 is 1.20 bits per heavy atom. The third kappa shape index (κ3) is 4.94. The molecule has 1 N–H and O–H groups in total. The van der Waals surface area contributed by atoms with Crippen LogP contribution in [0.3, 0.4) is 0 Å². The largest absolute Gasteiger partial charge is 0.444 e. The summed E-state index contributed by atoms with van der Waals surface area (Å²) in [5.74, 6) is -0.350. The second-order valence-electron chi connectivity index (χ2n) is 7.16. The van der Waals surface area contributed by atoms with Crippen LogP contribution in [0.1, 0.15) is 48.0 Å². The molecule has 1 saturated heterocycles. The molecule has 1 aliphatic heterocycles. The molecule has 0 spiro atoms. The van der Waals surface area contributed by atoms with Crippen LogP contribution in [0.2, 0.25) is 0 Å². The number of carbonyl (C=O) groups is 2. The second kappa shape index (κ2) is 5.90. The molecule has 0 bridgehead atoms. The average molecular weight is 305 g/mol. The molecule has 2 atom stereocenters. The molecule has 0 aliphatic carbocycles. The third-order valence-corrected chi connectivity index (χ3v) is 3.35. The minimum Gasteiger partial charge on any atom is -0.444 e. The van der Waals surface area contributed by atoms with Gasteiger partial charge in [0, 0.05) is 17.5 Å². The normalized spacial score (nSPS) is 24.6. The number of halogens is 1. The number of ether oxygens (including phenoxy) is 1. The lowest BCUT2D eigenvalue weighted by Crippen LogP contribution is -2.52. The number of nitrogens with one attached hydrogen (secondary N) is 1. The van der Waals surface area contributed by atoms with Crippen molar-refractivity contribution < 1.29 is 14.3 Å². The van der Waals surface area contributed by atoms with Crippen molar-refractivity contribution in [3.63, 3.8) is 0 Å². The third-order valence-electron chi connectivity index (χ3n) is 3.04. The SMILES string of the molecule is CC(C)(C)OC(=O)NC(=O)[C@@H]1C[C@H](Cl)CN1C(C)(C)C. The molecule has 1 fully saturated rings. The summed E-state index contributed by atoms with van der Waals surface area (Å²) >= 11 is 6.16. The lowest BCUT2D eigenvalue weighted by atomic mass is 10.0. The predicted octanol–water partition coefficient (Wildman–Crippen LogP) is 2.52. The topological polar surface area (TPSA) is 58.6 Å². The van der Waals surface area contributed by atoms with Crippen molar-refractivity contribution in [1.82, 2.24) is 10.2 Å². The average Bonchev–Trinajstić information content (AvgIpc) is 2.56. The van der Waals surface area contributed by atoms with Crippen LogP contribution < -0.4 is 5.32 Å². The molecule has 5 nitrogen and oxygen atoms in total. The molecular weight excluding hydrogens is 280 g/mol. The number of amides is 2. The lowest BCUT2D eigenvalue weighted by molar-refractivity contribution is -0.126. The van der Waals surface area contributed by atoms with Gasteiger partial charge < -0.3 is 4.74 Å². The minimum absolute atomic E-state index is 0.0800. The van der Waals surface area contributed by atoms with Gasteiger partial charge in [0.2, 0.25) is 5.91 Å². The van der Waals surface area contributed by atoms with E-state index in [4.69, 9.17) is 16.3 Å². The maximum absolute atomic E-state index is 12.2. The molecule has 0 radical (unpaired) electrons. The van der Waals surface area contributed by atoms with Gasteiger partial charge in [-0.1, -0.05) is 0 Å². The molecule has 0 unspecified atom stereocenters. The Balaban J connectivity index is 2.69. The number of hydrogen-bond acceptors (Lipinski definition) is 4. The molecule has 116 valence electrons. The summed E-state index contributed by atoms with van der Waals surface area (Å²) < 4.78 is 5.09. The number of imide groups is 1. The number of alkyl carbamates (subject to hydrolysis) is 1. The molecule has 1 rings (SSSR count). The number of rotatable bonds is 1. The summed E-state index contributed by atoms with van der Waals surface area (Å²) in [5, 5.41) is 2.22. The second-order valence-corrected chi connectivity index (χ2v) is 7.78. The number of likely N-dealkylation sites (tertiary alicyclic amines) is 1. The first-order valence-corrected chi connectivity index (χ1v) is 7.28. The Kier molecular flexibility index (Phi) is 5.08. The highest BCUT2D eigenvalue weighted by atomic mass is 35.5. The Bertz CT molecular complexity index is 385. The Labute approximate surface area is 126 Å². The molecule has 20 heavy (non-hydrogen) atoms. The van der Waals surface area contributed by atoms with E-state index in [-0.39, 0.29) is 16.8 Å². The quantitative estimate of drug-likeness (QED) is 0.756. The van der Waals surface area contributed by atoms with Crippen LogP contribution in [0.5, 0.6) is 0 Å². The van der Waals surface area contributed by atoms with Gasteiger partial charge >= 0.3 is 6.09 Å². The van der Waals surface area contributed by atoms with Crippen LogP contribution in [0.4, 0.5) is 4.79 Å². The van der Waals surface area contributed by atoms with Crippen LogP contribution in [-0.4, -0.2) is 46.0 Å². The predicted molar refractivity (Wildman–Crippen MR) is 78.9 cm³/mol. The van der Waals surface area contributed by atoms with Crippen molar-refractivity contribution in [1.29, 1.82) is 0 Å². The summed E-state index contributed by atoms with van der Waals surface area (Å²) in [6.07, 6.45) is -0.178. The van der Waals surface area contributed by atoms with E-state index in [0.717, 1.165) is 0 Å². The first-order valence-electron chi connectivity index (χ1n) is 6.85. The van der Waals surface area contributed by atoms with Crippen molar-refractivity contribution in [2.75, 3.05) is 6.54 Å². The first-order chi connectivity index (χ1) is 8.90. The van der Waals surface area contributed by atoms with E-state index in [1.807, 2.05) is 25.7 Å². The van der Waals surface area contributed by atoms with Crippen LogP contribution in [-0.2, 0) is 9.53 Å². The van der Waals surface area contributed by atoms with Gasteiger partial charge in [0.05, 0.1) is 6.04 Å². The van der Waals surface area contributed by atoms with E-state index in [0.29, 0.717) is 13.0 Å². The van der Waals surface area contributed by atoms with E-state index in [9.17, 15) is 9.59 Å². The van der Waals surface area contributed by atoms with Gasteiger partial charge in [-0.2, -0.15) is 0 Å². The van der Waals surface area contributed by atoms with E-state index < -0.39 is 17.7 Å². The highest BCUT2D eigenvalue weighted by Crippen LogP contribution is 2.29. The van der Waals surface area contributed by atoms with Crippen molar-refractivity contribution in [2.24, 2.45) is 0 Å². The Morgan fingerprint density at radius 3 is 2.20 bits per heavy atom. The van der Waals surface area contributed by atoms with Gasteiger partial charge in [-0.05, 0) is 48.0 Å². The monoisotopic (exact) mass is 304 g/mol. The van der Waals surface area contributed by atoms with Crippen LogP contribution >= 0.6 is 11.6 Å². The molecular formula is C14H25ClN2O3. The first kappa shape index (κ1) is 17.2. The highest BCUT2D eigenvalue weighted by Gasteiger charge is 2.42. The fraction of sp³-hybridized carbons (Fsp3) is 0.857. The van der Waals surface area contributed by atoms with Gasteiger partial charge in [0.25, 0.3) is 0 Å². The minimum atomic E-state index is -0.714. The smallest absolute Gasteiger partial charge is 0.414 e. The zero-order valence-electron chi connectivity index (χ0n) is 13.1. The highest BCUT2D eigenvalue weighted by molar-refractivity contribution is 6.21. The van der Waals surface area contributed by atoms with Gasteiger partial charge in [0.1, 0.15) is 5.60 Å². The maximum Gasteiger partial charge on any atom is 0.414 e. The summed E-state index contributed by atoms with van der Waals surface area (Å²) in [7, 11) is 0. The van der Waals surface area contributed by atoms with E-state index in [2.05, 4.69) is 5.32 Å². The van der Waals surface area contributed by atoms with Crippen LogP contribution in [0.15, 0.2) is 0 Å². The zero-order valence-corrected chi connectivity index (χ0v) is 13.9. The van der Waals surface area contributed by atoms with Gasteiger partial charge in [-0.3, -0.25) is 15.0 Å². The summed E-state index contributed by atoms with van der Waals surface area (Å²) in [6, 6.07) is -0.398. The van der Waals surface area contributed by atoms with E-state index >= 15 is 0 Å².